The first-order chi connectivity index (χ1) is 7.25. The summed E-state index contributed by atoms with van der Waals surface area (Å²) in [5.74, 6) is -0.440. The van der Waals surface area contributed by atoms with E-state index in [1.165, 1.54) is 23.9 Å². The van der Waals surface area contributed by atoms with Crippen molar-refractivity contribution < 1.29 is 14.3 Å². The molecule has 15 heavy (non-hydrogen) atoms. The zero-order valence-electron chi connectivity index (χ0n) is 7.51. The largest absolute Gasteiger partial charge is 0.478 e. The molecule has 0 aliphatic carbocycles. The molecule has 0 bridgehead atoms. The molecule has 78 valence electrons. The number of carbonyl (C=O) groups is 1. The second-order valence-corrected chi connectivity index (χ2v) is 3.53. The molecule has 0 radical (unpaired) electrons. The lowest BCUT2D eigenvalue weighted by atomic mass is 10.3. The second-order valence-electron chi connectivity index (χ2n) is 2.74. The molecule has 0 unspecified atom stereocenters. The first kappa shape index (κ1) is 9.66. The Hall–Kier alpha value is -1.89. The average Bonchev–Trinajstić information content (AvgIpc) is 2.86. The van der Waals surface area contributed by atoms with Crippen LogP contribution in [0, 0.1) is 0 Å². The molecule has 0 atom stereocenters. The van der Waals surface area contributed by atoms with Gasteiger partial charge in [-0.15, -0.1) is 5.10 Å². The summed E-state index contributed by atoms with van der Waals surface area (Å²) in [6.45, 7) is 0.414. The Balaban J connectivity index is 1.96. The molecule has 0 spiro atoms. The van der Waals surface area contributed by atoms with E-state index in [1.54, 1.807) is 6.20 Å². The number of carboxylic acid groups (broad SMARTS) is 1. The number of hydrogen-bond acceptors (Lipinski definition) is 6. The molecule has 0 aliphatic rings. The van der Waals surface area contributed by atoms with E-state index < -0.39 is 5.97 Å². The number of aromatic carboxylic acids is 1. The van der Waals surface area contributed by atoms with Crippen LogP contribution < -0.4 is 5.32 Å². The Labute approximate surface area is 88.7 Å². The lowest BCUT2D eigenvalue weighted by Crippen LogP contribution is -1.96. The second kappa shape index (κ2) is 4.09. The predicted octanol–water partition coefficient (Wildman–Crippen LogP) is 1.44. The highest BCUT2D eigenvalue weighted by Crippen LogP contribution is 2.13. The maximum absolute atomic E-state index is 10.5. The van der Waals surface area contributed by atoms with Crippen LogP contribution in [0.5, 0.6) is 0 Å². The highest BCUT2D eigenvalue weighted by Gasteiger charge is 2.07. The molecular weight excluding hydrogens is 218 g/mol. The monoisotopic (exact) mass is 225 g/mol. The number of anilines is 1. The van der Waals surface area contributed by atoms with E-state index in [-0.39, 0.29) is 5.56 Å². The van der Waals surface area contributed by atoms with Crippen LogP contribution in [0.1, 0.15) is 16.1 Å². The molecule has 0 saturated heterocycles. The van der Waals surface area contributed by atoms with E-state index in [4.69, 9.17) is 9.52 Å². The molecule has 2 N–H and O–H groups in total. The van der Waals surface area contributed by atoms with Gasteiger partial charge in [0.1, 0.15) is 17.0 Å². The summed E-state index contributed by atoms with van der Waals surface area (Å²) in [4.78, 5) is 10.5. The Morgan fingerprint density at radius 2 is 2.53 bits per heavy atom. The lowest BCUT2D eigenvalue weighted by Gasteiger charge is -1.96. The fourth-order valence-electron chi connectivity index (χ4n) is 1.00. The zero-order chi connectivity index (χ0) is 10.7. The van der Waals surface area contributed by atoms with Crippen LogP contribution in [0.3, 0.4) is 0 Å². The average molecular weight is 225 g/mol. The van der Waals surface area contributed by atoms with Crippen LogP contribution in [-0.4, -0.2) is 20.7 Å². The summed E-state index contributed by atoms with van der Waals surface area (Å²) in [5, 5.41) is 16.1. The molecule has 6 nitrogen and oxygen atoms in total. The van der Waals surface area contributed by atoms with E-state index in [0.717, 1.165) is 5.00 Å². The van der Waals surface area contributed by atoms with Crippen molar-refractivity contribution >= 4 is 22.5 Å². The molecule has 2 aromatic heterocycles. The number of hydrogen-bond donors (Lipinski definition) is 2. The fourth-order valence-corrected chi connectivity index (χ4v) is 1.42. The van der Waals surface area contributed by atoms with Gasteiger partial charge in [-0.05, 0) is 6.07 Å². The SMILES string of the molecule is O=C(O)c1coc(CNc2cnns2)c1. The predicted molar refractivity (Wildman–Crippen MR) is 52.9 cm³/mol. The summed E-state index contributed by atoms with van der Waals surface area (Å²) in [7, 11) is 0. The molecule has 0 saturated carbocycles. The van der Waals surface area contributed by atoms with Crippen LogP contribution in [-0.2, 0) is 6.54 Å². The summed E-state index contributed by atoms with van der Waals surface area (Å²) < 4.78 is 8.72. The number of rotatable bonds is 4. The van der Waals surface area contributed by atoms with Gasteiger partial charge in [0, 0.05) is 11.5 Å². The van der Waals surface area contributed by atoms with Gasteiger partial charge in [0.2, 0.25) is 0 Å². The van der Waals surface area contributed by atoms with Crippen molar-refractivity contribution in [1.82, 2.24) is 9.59 Å². The molecule has 2 heterocycles. The van der Waals surface area contributed by atoms with Crippen molar-refractivity contribution in [2.45, 2.75) is 6.54 Å². The van der Waals surface area contributed by atoms with Crippen molar-refractivity contribution in [3.05, 3.63) is 29.9 Å². The van der Waals surface area contributed by atoms with Crippen molar-refractivity contribution in [1.29, 1.82) is 0 Å². The number of furan rings is 1. The molecule has 2 rings (SSSR count). The number of carboxylic acids is 1. The molecule has 0 amide bonds. The lowest BCUT2D eigenvalue weighted by molar-refractivity contribution is 0.0696. The van der Waals surface area contributed by atoms with Crippen LogP contribution in [0.25, 0.3) is 0 Å². The third-order valence-corrected chi connectivity index (χ3v) is 2.32. The van der Waals surface area contributed by atoms with E-state index in [1.807, 2.05) is 0 Å². The smallest absolute Gasteiger partial charge is 0.338 e. The molecule has 0 fully saturated rings. The summed E-state index contributed by atoms with van der Waals surface area (Å²) in [6.07, 6.45) is 2.80. The maximum atomic E-state index is 10.5. The van der Waals surface area contributed by atoms with E-state index in [0.29, 0.717) is 12.3 Å². The van der Waals surface area contributed by atoms with Crippen molar-refractivity contribution in [3.8, 4) is 0 Å². The third-order valence-electron chi connectivity index (χ3n) is 1.70. The number of nitrogens with one attached hydrogen (secondary N) is 1. The fraction of sp³-hybridized carbons (Fsp3) is 0.125. The summed E-state index contributed by atoms with van der Waals surface area (Å²) >= 11 is 1.23. The molecule has 0 aliphatic heterocycles. The molecular formula is C8H7N3O3S. The van der Waals surface area contributed by atoms with Gasteiger partial charge in [-0.2, -0.15) is 0 Å². The Bertz CT molecular complexity index is 451. The minimum atomic E-state index is -0.996. The Kier molecular flexibility index (Phi) is 2.64. The van der Waals surface area contributed by atoms with Crippen LogP contribution >= 0.6 is 11.5 Å². The van der Waals surface area contributed by atoms with Gasteiger partial charge in [0.05, 0.1) is 18.3 Å². The number of aromatic nitrogens is 2. The molecule has 2 aromatic rings. The van der Waals surface area contributed by atoms with Gasteiger partial charge in [-0.1, -0.05) is 4.49 Å². The van der Waals surface area contributed by atoms with E-state index in [9.17, 15) is 4.79 Å². The zero-order valence-corrected chi connectivity index (χ0v) is 8.32. The van der Waals surface area contributed by atoms with Crippen LogP contribution in [0.15, 0.2) is 22.9 Å². The topological polar surface area (TPSA) is 88.2 Å². The highest BCUT2D eigenvalue weighted by atomic mass is 32.1. The third kappa shape index (κ3) is 2.32. The van der Waals surface area contributed by atoms with E-state index in [2.05, 4.69) is 14.9 Å². The molecule has 0 aromatic carbocycles. The Morgan fingerprint density at radius 3 is 3.13 bits per heavy atom. The van der Waals surface area contributed by atoms with Gasteiger partial charge in [-0.3, -0.25) is 0 Å². The van der Waals surface area contributed by atoms with Crippen molar-refractivity contribution in [3.63, 3.8) is 0 Å². The first-order valence-corrected chi connectivity index (χ1v) is 4.85. The summed E-state index contributed by atoms with van der Waals surface area (Å²) in [6, 6.07) is 1.48. The number of nitrogens with zero attached hydrogens (tertiary/aromatic N) is 2. The van der Waals surface area contributed by atoms with Gasteiger partial charge >= 0.3 is 5.97 Å². The quantitative estimate of drug-likeness (QED) is 0.818. The van der Waals surface area contributed by atoms with E-state index >= 15 is 0 Å². The molecule has 7 heteroatoms. The first-order valence-electron chi connectivity index (χ1n) is 4.07. The standard InChI is InChI=1S/C8H7N3O3S/c12-8(13)5-1-6(14-4-5)2-9-7-3-10-11-15-7/h1,3-4,9H,2H2,(H,12,13). The van der Waals surface area contributed by atoms with Crippen LogP contribution in [0.2, 0.25) is 0 Å². The minimum Gasteiger partial charge on any atom is -0.478 e. The van der Waals surface area contributed by atoms with Crippen molar-refractivity contribution in [2.24, 2.45) is 0 Å². The van der Waals surface area contributed by atoms with Crippen LogP contribution in [0.4, 0.5) is 5.00 Å². The normalized spacial score (nSPS) is 10.1. The van der Waals surface area contributed by atoms with Gasteiger partial charge in [-0.25, -0.2) is 4.79 Å². The van der Waals surface area contributed by atoms with Gasteiger partial charge in [0.25, 0.3) is 0 Å². The van der Waals surface area contributed by atoms with Gasteiger partial charge < -0.3 is 14.8 Å². The van der Waals surface area contributed by atoms with Crippen molar-refractivity contribution in [2.75, 3.05) is 5.32 Å². The maximum Gasteiger partial charge on any atom is 0.338 e. The highest BCUT2D eigenvalue weighted by molar-refractivity contribution is 7.09. The van der Waals surface area contributed by atoms with Gasteiger partial charge in [0.15, 0.2) is 0 Å². The Morgan fingerprint density at radius 1 is 1.67 bits per heavy atom. The minimum absolute atomic E-state index is 0.147. The summed E-state index contributed by atoms with van der Waals surface area (Å²) in [5.41, 5.74) is 0.147.